The van der Waals surface area contributed by atoms with Gasteiger partial charge in [-0.2, -0.15) is 0 Å². The Labute approximate surface area is 299 Å². The molecule has 5 aromatic rings. The molecule has 0 heterocycles. The molecule has 2 amide bonds. The molecule has 0 saturated carbocycles. The minimum atomic E-state index is -4.31. The molecule has 0 aliphatic rings. The van der Waals surface area contributed by atoms with Crippen molar-refractivity contribution in [1.82, 2.24) is 10.2 Å². The number of para-hydroxylation sites is 1. The zero-order valence-corrected chi connectivity index (χ0v) is 29.7. The predicted octanol–water partition coefficient (Wildman–Crippen LogP) is 7.68. The van der Waals surface area contributed by atoms with E-state index in [-0.39, 0.29) is 35.2 Å². The second-order valence-corrected chi connectivity index (χ2v) is 14.2. The van der Waals surface area contributed by atoms with Gasteiger partial charge in [-0.1, -0.05) is 91.3 Å². The average Bonchev–Trinajstić information content (AvgIpc) is 3.14. The lowest BCUT2D eigenvalue weighted by Crippen LogP contribution is -2.54. The third-order valence-corrected chi connectivity index (χ3v) is 10.4. The van der Waals surface area contributed by atoms with Crippen LogP contribution in [0.4, 0.5) is 10.1 Å². The molecule has 0 saturated heterocycles. The zero-order chi connectivity index (χ0) is 36.4. The predicted molar refractivity (Wildman–Crippen MR) is 197 cm³/mol. The molecule has 51 heavy (non-hydrogen) atoms. The number of carbonyl (C=O) groups is 2. The van der Waals surface area contributed by atoms with Crippen LogP contribution in [0, 0.1) is 12.7 Å². The third-order valence-electron chi connectivity index (χ3n) is 8.56. The van der Waals surface area contributed by atoms with Gasteiger partial charge in [0, 0.05) is 24.6 Å². The molecule has 0 fully saturated rings. The molecule has 5 aromatic carbocycles. The molecule has 0 aliphatic carbocycles. The van der Waals surface area contributed by atoms with Crippen LogP contribution in [0.1, 0.15) is 37.0 Å². The van der Waals surface area contributed by atoms with Crippen LogP contribution in [0.15, 0.2) is 138 Å². The molecule has 0 aliphatic heterocycles. The summed E-state index contributed by atoms with van der Waals surface area (Å²) in [6.45, 7) is 4.72. The fourth-order valence-corrected chi connectivity index (χ4v) is 6.89. The number of benzene rings is 5. The molecule has 8 nitrogen and oxygen atoms in total. The van der Waals surface area contributed by atoms with E-state index in [9.17, 15) is 18.0 Å². The summed E-state index contributed by atoms with van der Waals surface area (Å²) < 4.78 is 50.8. The summed E-state index contributed by atoms with van der Waals surface area (Å²) >= 11 is 0. The van der Waals surface area contributed by atoms with Gasteiger partial charge >= 0.3 is 0 Å². The molecule has 1 N–H and O–H groups in total. The van der Waals surface area contributed by atoms with Crippen LogP contribution in [0.25, 0.3) is 0 Å². The van der Waals surface area contributed by atoms with E-state index in [2.05, 4.69) is 5.32 Å². The number of anilines is 1. The van der Waals surface area contributed by atoms with Crippen LogP contribution in [-0.2, 0) is 32.6 Å². The van der Waals surface area contributed by atoms with Crippen LogP contribution in [0.2, 0.25) is 0 Å². The van der Waals surface area contributed by atoms with Crippen molar-refractivity contribution >= 4 is 27.5 Å². The number of nitrogens with zero attached hydrogens (tertiary/aromatic N) is 2. The minimum Gasteiger partial charge on any atom is -0.457 e. The van der Waals surface area contributed by atoms with Gasteiger partial charge in [0.1, 0.15) is 29.9 Å². The molecule has 5 rings (SSSR count). The Bertz CT molecular complexity index is 2010. The largest absolute Gasteiger partial charge is 0.457 e. The molecule has 10 heteroatoms. The van der Waals surface area contributed by atoms with Crippen molar-refractivity contribution in [3.63, 3.8) is 0 Å². The second kappa shape index (κ2) is 17.0. The number of hydrogen-bond donors (Lipinski definition) is 1. The van der Waals surface area contributed by atoms with Gasteiger partial charge in [0.05, 0.1) is 10.6 Å². The van der Waals surface area contributed by atoms with Crippen molar-refractivity contribution in [2.24, 2.45) is 0 Å². The van der Waals surface area contributed by atoms with Crippen LogP contribution in [0.3, 0.4) is 0 Å². The normalized spacial score (nSPS) is 12.4. The average molecular weight is 708 g/mol. The smallest absolute Gasteiger partial charge is 0.264 e. The fourth-order valence-electron chi connectivity index (χ4n) is 5.48. The van der Waals surface area contributed by atoms with Crippen molar-refractivity contribution in [3.05, 3.63) is 156 Å². The van der Waals surface area contributed by atoms with Gasteiger partial charge < -0.3 is 15.0 Å². The molecule has 264 valence electrons. The summed E-state index contributed by atoms with van der Waals surface area (Å²) in [4.78, 5) is 29.9. The van der Waals surface area contributed by atoms with Crippen LogP contribution >= 0.6 is 0 Å². The Hall–Kier alpha value is -5.48. The number of amides is 2. The maximum atomic E-state index is 15.2. The summed E-state index contributed by atoms with van der Waals surface area (Å²) in [6.07, 6.45) is 0.775. The molecule has 0 unspecified atom stereocenters. The highest BCUT2D eigenvalue weighted by Crippen LogP contribution is 2.29. The fraction of sp³-hybridized carbons (Fsp3) is 0.220. The van der Waals surface area contributed by atoms with Crippen LogP contribution < -0.4 is 14.4 Å². The highest BCUT2D eigenvalue weighted by Gasteiger charge is 2.35. The minimum absolute atomic E-state index is 0.0125. The third kappa shape index (κ3) is 9.61. The Morgan fingerprint density at radius 1 is 0.784 bits per heavy atom. The number of ether oxygens (including phenoxy) is 1. The Balaban J connectivity index is 1.57. The van der Waals surface area contributed by atoms with Gasteiger partial charge in [-0.05, 0) is 80.4 Å². The van der Waals surface area contributed by atoms with E-state index in [4.69, 9.17) is 4.74 Å². The quantitative estimate of drug-likeness (QED) is 0.121. The van der Waals surface area contributed by atoms with E-state index in [1.165, 1.54) is 23.1 Å². The molecule has 0 radical (unpaired) electrons. The van der Waals surface area contributed by atoms with Crippen molar-refractivity contribution in [1.29, 1.82) is 0 Å². The van der Waals surface area contributed by atoms with Crippen molar-refractivity contribution in [2.45, 2.75) is 57.1 Å². The first-order valence-corrected chi connectivity index (χ1v) is 18.3. The maximum absolute atomic E-state index is 15.2. The summed E-state index contributed by atoms with van der Waals surface area (Å²) in [5, 5.41) is 2.99. The summed E-state index contributed by atoms with van der Waals surface area (Å²) in [7, 11) is -4.31. The number of carbonyl (C=O) groups excluding carboxylic acids is 2. The van der Waals surface area contributed by atoms with Gasteiger partial charge in [-0.15, -0.1) is 0 Å². The topological polar surface area (TPSA) is 96.0 Å². The van der Waals surface area contributed by atoms with E-state index in [0.717, 1.165) is 15.4 Å². The highest BCUT2D eigenvalue weighted by molar-refractivity contribution is 7.92. The molecule has 0 aromatic heterocycles. The monoisotopic (exact) mass is 707 g/mol. The lowest BCUT2D eigenvalue weighted by molar-refractivity contribution is -0.140. The number of hydrogen-bond acceptors (Lipinski definition) is 5. The van der Waals surface area contributed by atoms with E-state index >= 15 is 4.39 Å². The number of halogens is 1. The molecule has 0 bridgehead atoms. The molecular formula is C41H42FN3O5S. The van der Waals surface area contributed by atoms with Gasteiger partial charge in [0.2, 0.25) is 11.8 Å². The van der Waals surface area contributed by atoms with E-state index in [1.807, 2.05) is 69.3 Å². The first kappa shape index (κ1) is 36.8. The standard InChI is InChI=1S/C41H42FN3O5S/c1-4-31(3)43-41(47)39(27-32-13-7-5-8-14-32)44(28-33-15-11-12-18-38(33)42)40(46)29-45(51(48,49)37-25-19-30(2)20-26-37)34-21-23-36(24-22-34)50-35-16-9-6-10-17-35/h5-26,31,39H,4,27-29H2,1-3H3,(H,43,47)/t31-,39-/m0/s1. The van der Waals surface area contributed by atoms with Gasteiger partial charge in [-0.3, -0.25) is 13.9 Å². The molecular weight excluding hydrogens is 666 g/mol. The lowest BCUT2D eigenvalue weighted by atomic mass is 10.0. The SMILES string of the molecule is CC[C@H](C)NC(=O)[C@H](Cc1ccccc1)N(Cc1ccccc1F)C(=O)CN(c1ccc(Oc2ccccc2)cc1)S(=O)(=O)c1ccc(C)cc1. The van der Waals surface area contributed by atoms with Crippen LogP contribution in [-0.4, -0.2) is 43.8 Å². The second-order valence-electron chi connectivity index (χ2n) is 12.4. The Kier molecular flexibility index (Phi) is 12.2. The highest BCUT2D eigenvalue weighted by atomic mass is 32.2. The van der Waals surface area contributed by atoms with Crippen LogP contribution in [0.5, 0.6) is 11.5 Å². The van der Waals surface area contributed by atoms with Gasteiger partial charge in [-0.25, -0.2) is 12.8 Å². The summed E-state index contributed by atoms with van der Waals surface area (Å²) in [6, 6.07) is 35.9. The van der Waals surface area contributed by atoms with E-state index in [0.29, 0.717) is 17.9 Å². The maximum Gasteiger partial charge on any atom is 0.264 e. The first-order chi connectivity index (χ1) is 24.5. The van der Waals surface area contributed by atoms with E-state index < -0.39 is 40.2 Å². The molecule has 2 atom stereocenters. The van der Waals surface area contributed by atoms with Gasteiger partial charge in [0.25, 0.3) is 10.0 Å². The number of rotatable bonds is 15. The number of nitrogens with one attached hydrogen (secondary N) is 1. The Morgan fingerprint density at radius 3 is 2.00 bits per heavy atom. The zero-order valence-electron chi connectivity index (χ0n) is 28.9. The number of sulfonamides is 1. The Morgan fingerprint density at radius 2 is 1.37 bits per heavy atom. The summed E-state index contributed by atoms with van der Waals surface area (Å²) in [5.41, 5.74) is 2.05. The summed E-state index contributed by atoms with van der Waals surface area (Å²) in [5.74, 6) is -0.579. The molecule has 0 spiro atoms. The lowest BCUT2D eigenvalue weighted by Gasteiger charge is -2.34. The van der Waals surface area contributed by atoms with Crippen molar-refractivity contribution < 1.29 is 27.1 Å². The van der Waals surface area contributed by atoms with Crippen molar-refractivity contribution in [2.75, 3.05) is 10.8 Å². The van der Waals surface area contributed by atoms with Crippen molar-refractivity contribution in [3.8, 4) is 11.5 Å². The van der Waals surface area contributed by atoms with E-state index in [1.54, 1.807) is 66.7 Å². The number of aryl methyl sites for hydroxylation is 1. The van der Waals surface area contributed by atoms with Gasteiger partial charge in [0.15, 0.2) is 0 Å². The first-order valence-electron chi connectivity index (χ1n) is 16.8.